The highest BCUT2D eigenvalue weighted by atomic mass is 19.1. The second-order valence-electron chi connectivity index (χ2n) is 3.93. The average Bonchev–Trinajstić information content (AvgIpc) is 2.21. The molecule has 0 radical (unpaired) electrons. The highest BCUT2D eigenvalue weighted by Crippen LogP contribution is 2.23. The predicted molar refractivity (Wildman–Crippen MR) is 59.9 cm³/mol. The number of ether oxygens (including phenoxy) is 1. The van der Waals surface area contributed by atoms with E-state index >= 15 is 0 Å². The molecule has 0 aliphatic rings. The second-order valence-corrected chi connectivity index (χ2v) is 3.93. The number of hydrogen-bond donors (Lipinski definition) is 2. The van der Waals surface area contributed by atoms with Crippen LogP contribution in [0.15, 0.2) is 18.2 Å². The molecule has 0 heterocycles. The van der Waals surface area contributed by atoms with Gasteiger partial charge in [-0.05, 0) is 26.0 Å². The topological polar surface area (TPSA) is 88.1 Å². The van der Waals surface area contributed by atoms with Crippen LogP contribution in [0.5, 0.6) is 5.75 Å². The third-order valence-corrected chi connectivity index (χ3v) is 1.88. The van der Waals surface area contributed by atoms with Crippen LogP contribution in [0.4, 0.5) is 14.9 Å². The minimum Gasteiger partial charge on any atom is -0.407 e. The summed E-state index contributed by atoms with van der Waals surface area (Å²) in [4.78, 5) is 10.5. The Morgan fingerprint density at radius 1 is 1.59 bits per heavy atom. The van der Waals surface area contributed by atoms with Gasteiger partial charge in [0.05, 0.1) is 6.07 Å². The molecule has 1 aromatic rings. The summed E-state index contributed by atoms with van der Waals surface area (Å²) in [6.07, 6.45) is -1.08. The summed E-state index contributed by atoms with van der Waals surface area (Å²) in [6, 6.07) is 5.89. The molecule has 3 N–H and O–H groups in total. The van der Waals surface area contributed by atoms with Crippen molar-refractivity contribution in [3.63, 3.8) is 0 Å². The molecule has 1 rings (SSSR count). The Bertz CT molecular complexity index is 480. The molecular formula is C11H12FN3O2. The minimum absolute atomic E-state index is 0.252. The van der Waals surface area contributed by atoms with Crippen molar-refractivity contribution >= 4 is 11.8 Å². The van der Waals surface area contributed by atoms with E-state index < -0.39 is 17.4 Å². The van der Waals surface area contributed by atoms with Gasteiger partial charge in [0.2, 0.25) is 0 Å². The van der Waals surface area contributed by atoms with Crippen molar-refractivity contribution in [2.24, 2.45) is 5.73 Å². The maximum Gasteiger partial charge on any atom is 0.410 e. The van der Waals surface area contributed by atoms with Gasteiger partial charge in [0, 0.05) is 11.8 Å². The lowest BCUT2D eigenvalue weighted by Crippen LogP contribution is -2.28. The molecule has 0 unspecified atom stereocenters. The first-order valence-electron chi connectivity index (χ1n) is 4.80. The molecule has 6 heteroatoms. The summed E-state index contributed by atoms with van der Waals surface area (Å²) in [5.74, 6) is -0.986. The van der Waals surface area contributed by atoms with E-state index in [0.29, 0.717) is 5.69 Å². The van der Waals surface area contributed by atoms with Gasteiger partial charge in [-0.1, -0.05) is 0 Å². The molecule has 0 fully saturated rings. The fourth-order valence-electron chi connectivity index (χ4n) is 1.16. The van der Waals surface area contributed by atoms with E-state index in [1.165, 1.54) is 12.1 Å². The third-order valence-electron chi connectivity index (χ3n) is 1.88. The first-order chi connectivity index (χ1) is 7.84. The summed E-state index contributed by atoms with van der Waals surface area (Å²) in [5.41, 5.74) is 4.36. The average molecular weight is 237 g/mol. The fourth-order valence-corrected chi connectivity index (χ4v) is 1.16. The molecule has 0 bridgehead atoms. The summed E-state index contributed by atoms with van der Waals surface area (Å²) in [5, 5.41) is 11.6. The molecule has 0 atom stereocenters. The standard InChI is InChI=1S/C11H12FN3O2/c1-11(2,6-13)15-7-3-4-9(8(12)5-7)17-10(14)16/h3-5,15H,1-2H3,(H2,14,16). The summed E-state index contributed by atoms with van der Waals surface area (Å²) in [7, 11) is 0. The fraction of sp³-hybridized carbons (Fsp3) is 0.273. The second kappa shape index (κ2) is 4.70. The van der Waals surface area contributed by atoms with Crippen LogP contribution in [0.1, 0.15) is 13.8 Å². The quantitative estimate of drug-likeness (QED) is 0.841. The number of nitrogens with one attached hydrogen (secondary N) is 1. The van der Waals surface area contributed by atoms with Gasteiger partial charge < -0.3 is 15.8 Å². The van der Waals surface area contributed by atoms with E-state index in [1.54, 1.807) is 13.8 Å². The smallest absolute Gasteiger partial charge is 0.407 e. The van der Waals surface area contributed by atoms with E-state index in [9.17, 15) is 9.18 Å². The third kappa shape index (κ3) is 3.65. The van der Waals surface area contributed by atoms with Crippen molar-refractivity contribution in [3.8, 4) is 11.8 Å². The number of halogens is 1. The molecule has 5 nitrogen and oxygen atoms in total. The van der Waals surface area contributed by atoms with E-state index in [4.69, 9.17) is 11.0 Å². The Morgan fingerprint density at radius 3 is 2.71 bits per heavy atom. The van der Waals surface area contributed by atoms with Crippen LogP contribution in [0.3, 0.4) is 0 Å². The van der Waals surface area contributed by atoms with Crippen LogP contribution in [0.25, 0.3) is 0 Å². The van der Waals surface area contributed by atoms with Crippen LogP contribution in [0, 0.1) is 17.1 Å². The zero-order chi connectivity index (χ0) is 13.1. The van der Waals surface area contributed by atoms with Crippen molar-refractivity contribution in [1.29, 1.82) is 5.26 Å². The van der Waals surface area contributed by atoms with Crippen molar-refractivity contribution in [1.82, 2.24) is 0 Å². The SMILES string of the molecule is CC(C)(C#N)Nc1ccc(OC(N)=O)c(F)c1. The lowest BCUT2D eigenvalue weighted by molar-refractivity contribution is 0.208. The van der Waals surface area contributed by atoms with E-state index in [2.05, 4.69) is 10.1 Å². The lowest BCUT2D eigenvalue weighted by atomic mass is 10.1. The highest BCUT2D eigenvalue weighted by molar-refractivity contribution is 5.68. The number of nitriles is 1. The molecule has 0 aliphatic heterocycles. The minimum atomic E-state index is -1.08. The van der Waals surface area contributed by atoms with Gasteiger partial charge in [0.15, 0.2) is 11.6 Å². The maximum atomic E-state index is 13.4. The Morgan fingerprint density at radius 2 is 2.24 bits per heavy atom. The molecule has 0 aromatic heterocycles. The number of benzene rings is 1. The number of anilines is 1. The van der Waals surface area contributed by atoms with Gasteiger partial charge >= 0.3 is 6.09 Å². The van der Waals surface area contributed by atoms with Crippen LogP contribution < -0.4 is 15.8 Å². The number of amides is 1. The first-order valence-corrected chi connectivity index (χ1v) is 4.80. The monoisotopic (exact) mass is 237 g/mol. The van der Waals surface area contributed by atoms with Crippen molar-refractivity contribution in [3.05, 3.63) is 24.0 Å². The Labute approximate surface area is 98.0 Å². The molecule has 17 heavy (non-hydrogen) atoms. The largest absolute Gasteiger partial charge is 0.410 e. The molecular weight excluding hydrogens is 225 g/mol. The summed E-state index contributed by atoms with van der Waals surface area (Å²) in [6.45, 7) is 3.30. The Balaban J connectivity index is 2.90. The number of hydrogen-bond acceptors (Lipinski definition) is 4. The predicted octanol–water partition coefficient (Wildman–Crippen LogP) is 2.00. The van der Waals surface area contributed by atoms with E-state index in [0.717, 1.165) is 6.07 Å². The number of carbonyl (C=O) groups excluding carboxylic acids is 1. The first kappa shape index (κ1) is 12.8. The zero-order valence-electron chi connectivity index (χ0n) is 9.45. The van der Waals surface area contributed by atoms with Gasteiger partial charge in [0.1, 0.15) is 5.54 Å². The number of nitrogens with two attached hydrogens (primary N) is 1. The summed E-state index contributed by atoms with van der Waals surface area (Å²) < 4.78 is 17.9. The number of carbonyl (C=O) groups is 1. The van der Waals surface area contributed by atoms with Crippen molar-refractivity contribution in [2.75, 3.05) is 5.32 Å². The molecule has 0 aliphatic carbocycles. The highest BCUT2D eigenvalue weighted by Gasteiger charge is 2.17. The molecule has 90 valence electrons. The van der Waals surface area contributed by atoms with E-state index in [-0.39, 0.29) is 5.75 Å². The van der Waals surface area contributed by atoms with E-state index in [1.807, 2.05) is 6.07 Å². The Kier molecular flexibility index (Phi) is 3.53. The van der Waals surface area contributed by atoms with Gasteiger partial charge in [-0.15, -0.1) is 0 Å². The molecule has 1 amide bonds. The van der Waals surface area contributed by atoms with Crippen LogP contribution >= 0.6 is 0 Å². The van der Waals surface area contributed by atoms with Gasteiger partial charge in [0.25, 0.3) is 0 Å². The summed E-state index contributed by atoms with van der Waals surface area (Å²) >= 11 is 0. The van der Waals surface area contributed by atoms with Crippen LogP contribution in [-0.2, 0) is 0 Å². The molecule has 0 saturated heterocycles. The Hall–Kier alpha value is -2.29. The van der Waals surface area contributed by atoms with Crippen LogP contribution in [-0.4, -0.2) is 11.6 Å². The maximum absolute atomic E-state index is 13.4. The van der Waals surface area contributed by atoms with Gasteiger partial charge in [-0.25, -0.2) is 9.18 Å². The number of nitrogens with zero attached hydrogens (tertiary/aromatic N) is 1. The van der Waals surface area contributed by atoms with Crippen molar-refractivity contribution < 1.29 is 13.9 Å². The number of primary amides is 1. The number of rotatable bonds is 3. The zero-order valence-corrected chi connectivity index (χ0v) is 9.45. The van der Waals surface area contributed by atoms with Gasteiger partial charge in [-0.2, -0.15) is 5.26 Å². The molecule has 0 saturated carbocycles. The van der Waals surface area contributed by atoms with Crippen LogP contribution in [0.2, 0.25) is 0 Å². The lowest BCUT2D eigenvalue weighted by Gasteiger charge is -2.19. The van der Waals surface area contributed by atoms with Gasteiger partial charge in [-0.3, -0.25) is 0 Å². The normalized spacial score (nSPS) is 10.5. The molecule has 1 aromatic carbocycles. The molecule has 0 spiro atoms. The van der Waals surface area contributed by atoms with Crippen molar-refractivity contribution in [2.45, 2.75) is 19.4 Å².